The Kier molecular flexibility index (Phi) is 8.55. The molecule has 0 amide bonds. The van der Waals surface area contributed by atoms with Crippen molar-refractivity contribution < 1.29 is 9.47 Å². The van der Waals surface area contributed by atoms with Crippen LogP contribution in [0, 0.1) is 0 Å². The van der Waals surface area contributed by atoms with Crippen LogP contribution >= 0.6 is 31.9 Å². The molecule has 0 aliphatic heterocycles. The lowest BCUT2D eigenvalue weighted by Crippen LogP contribution is -2.04. The van der Waals surface area contributed by atoms with Crippen LogP contribution in [0.4, 0.5) is 0 Å². The Bertz CT molecular complexity index is 367. The molecular formula is C15H22Br2O2. The van der Waals surface area contributed by atoms with Crippen molar-refractivity contribution in [1.29, 1.82) is 0 Å². The average molecular weight is 394 g/mol. The summed E-state index contributed by atoms with van der Waals surface area (Å²) in [6.45, 7) is 5.78. The molecule has 0 heterocycles. The summed E-state index contributed by atoms with van der Waals surface area (Å²) >= 11 is 7.08. The molecule has 1 aromatic rings. The van der Waals surface area contributed by atoms with Gasteiger partial charge in [-0.05, 0) is 18.9 Å². The Morgan fingerprint density at radius 1 is 1.00 bits per heavy atom. The highest BCUT2D eigenvalue weighted by Gasteiger charge is 2.15. The maximum Gasteiger partial charge on any atom is 0.166 e. The maximum atomic E-state index is 5.92. The number of hydrogen-bond donors (Lipinski definition) is 0. The van der Waals surface area contributed by atoms with Gasteiger partial charge in [0.1, 0.15) is 0 Å². The van der Waals surface area contributed by atoms with E-state index in [9.17, 15) is 0 Å². The van der Waals surface area contributed by atoms with Gasteiger partial charge in [-0.1, -0.05) is 70.7 Å². The van der Waals surface area contributed by atoms with Gasteiger partial charge in [0.25, 0.3) is 0 Å². The summed E-state index contributed by atoms with van der Waals surface area (Å²) in [6.07, 6.45) is 4.37. The van der Waals surface area contributed by atoms with Gasteiger partial charge in [0.2, 0.25) is 0 Å². The lowest BCUT2D eigenvalue weighted by molar-refractivity contribution is 0.260. The van der Waals surface area contributed by atoms with Gasteiger partial charge in [0.05, 0.1) is 17.0 Å². The first kappa shape index (κ1) is 16.8. The van der Waals surface area contributed by atoms with E-state index < -0.39 is 0 Å². The summed E-state index contributed by atoms with van der Waals surface area (Å²) in [5, 5.41) is 0. The Morgan fingerprint density at radius 3 is 2.21 bits per heavy atom. The van der Waals surface area contributed by atoms with Crippen LogP contribution in [0.2, 0.25) is 0 Å². The summed E-state index contributed by atoms with van der Waals surface area (Å²) in [5.41, 5.74) is 1.07. The first-order valence-corrected chi connectivity index (χ1v) is 8.70. The number of para-hydroxylation sites is 1. The van der Waals surface area contributed by atoms with Gasteiger partial charge in [-0.25, -0.2) is 0 Å². The van der Waals surface area contributed by atoms with E-state index in [1.807, 2.05) is 18.2 Å². The van der Waals surface area contributed by atoms with Crippen LogP contribution in [0.5, 0.6) is 11.5 Å². The predicted molar refractivity (Wildman–Crippen MR) is 87.8 cm³/mol. The van der Waals surface area contributed by atoms with Crippen LogP contribution in [0.3, 0.4) is 0 Å². The quantitative estimate of drug-likeness (QED) is 0.388. The molecule has 1 aromatic carbocycles. The smallest absolute Gasteiger partial charge is 0.166 e. The number of hydrogen-bond acceptors (Lipinski definition) is 2. The number of alkyl halides is 2. The van der Waals surface area contributed by atoms with Crippen molar-refractivity contribution >= 4 is 31.9 Å². The van der Waals surface area contributed by atoms with Gasteiger partial charge < -0.3 is 9.47 Å². The lowest BCUT2D eigenvalue weighted by Gasteiger charge is -2.17. The second-order valence-corrected chi connectivity index (χ2v) is 7.44. The summed E-state index contributed by atoms with van der Waals surface area (Å²) < 4.78 is 11.8. The molecule has 0 aliphatic carbocycles. The highest BCUT2D eigenvalue weighted by atomic mass is 79.9. The number of ether oxygens (including phenoxy) is 2. The molecule has 1 rings (SSSR count). The third-order valence-corrected chi connectivity index (χ3v) is 3.73. The topological polar surface area (TPSA) is 18.5 Å². The largest absolute Gasteiger partial charge is 0.490 e. The second-order valence-electron chi connectivity index (χ2n) is 4.38. The fourth-order valence-corrected chi connectivity index (χ4v) is 2.34. The molecule has 0 aromatic heterocycles. The van der Waals surface area contributed by atoms with E-state index >= 15 is 0 Å². The minimum Gasteiger partial charge on any atom is -0.490 e. The van der Waals surface area contributed by atoms with E-state index in [1.54, 1.807) is 0 Å². The van der Waals surface area contributed by atoms with Gasteiger partial charge in [-0.15, -0.1) is 0 Å². The zero-order valence-electron chi connectivity index (χ0n) is 11.6. The summed E-state index contributed by atoms with van der Waals surface area (Å²) in [4.78, 5) is 0. The monoisotopic (exact) mass is 392 g/mol. The van der Waals surface area contributed by atoms with Gasteiger partial charge in [0, 0.05) is 5.56 Å². The third-order valence-electron chi connectivity index (χ3n) is 2.74. The molecule has 0 unspecified atom stereocenters. The van der Waals surface area contributed by atoms with Crippen molar-refractivity contribution in [2.45, 2.75) is 43.3 Å². The second kappa shape index (κ2) is 9.65. The van der Waals surface area contributed by atoms with Crippen molar-refractivity contribution in [2.24, 2.45) is 0 Å². The fraction of sp³-hybridized carbons (Fsp3) is 0.600. The molecule has 108 valence electrons. The fourth-order valence-electron chi connectivity index (χ4n) is 1.62. The van der Waals surface area contributed by atoms with Crippen molar-refractivity contribution in [1.82, 2.24) is 0 Å². The number of halogens is 2. The van der Waals surface area contributed by atoms with E-state index in [-0.39, 0.29) is 3.74 Å². The first-order valence-electron chi connectivity index (χ1n) is 6.87. The minimum absolute atomic E-state index is 0.0753. The molecule has 0 saturated carbocycles. The Labute approximate surface area is 133 Å². The standard InChI is InChI=1S/C15H22Br2O2/c1-3-5-10-18-13-9-7-8-12(15(16)17)14(13)19-11-6-4-2/h7-9,15H,3-6,10-11H2,1-2H3. The van der Waals surface area contributed by atoms with Crippen LogP contribution < -0.4 is 9.47 Å². The molecule has 19 heavy (non-hydrogen) atoms. The highest BCUT2D eigenvalue weighted by molar-refractivity contribution is 9.24. The minimum atomic E-state index is 0.0753. The Balaban J connectivity index is 2.83. The SMILES string of the molecule is CCCCOc1cccc(C(Br)Br)c1OCCCC. The maximum absolute atomic E-state index is 5.92. The normalized spacial score (nSPS) is 10.8. The van der Waals surface area contributed by atoms with E-state index in [0.717, 1.165) is 56.0 Å². The zero-order valence-corrected chi connectivity index (χ0v) is 14.8. The van der Waals surface area contributed by atoms with Crippen molar-refractivity contribution in [3.05, 3.63) is 23.8 Å². The van der Waals surface area contributed by atoms with E-state index in [1.165, 1.54) is 0 Å². The van der Waals surface area contributed by atoms with Crippen molar-refractivity contribution in [3.63, 3.8) is 0 Å². The molecule has 0 fully saturated rings. The highest BCUT2D eigenvalue weighted by Crippen LogP contribution is 2.41. The van der Waals surface area contributed by atoms with E-state index in [0.29, 0.717) is 0 Å². The van der Waals surface area contributed by atoms with Crippen LogP contribution in [-0.2, 0) is 0 Å². The molecule has 4 heteroatoms. The number of benzene rings is 1. The number of unbranched alkanes of at least 4 members (excludes halogenated alkanes) is 2. The van der Waals surface area contributed by atoms with Crippen LogP contribution in [-0.4, -0.2) is 13.2 Å². The molecule has 0 saturated heterocycles. The molecule has 0 spiro atoms. The van der Waals surface area contributed by atoms with Crippen LogP contribution in [0.15, 0.2) is 18.2 Å². The molecular weight excluding hydrogens is 372 g/mol. The van der Waals surface area contributed by atoms with Gasteiger partial charge in [0.15, 0.2) is 11.5 Å². The Morgan fingerprint density at radius 2 is 1.63 bits per heavy atom. The predicted octanol–water partition coefficient (Wildman–Crippen LogP) is 5.83. The van der Waals surface area contributed by atoms with Gasteiger partial charge >= 0.3 is 0 Å². The molecule has 0 bridgehead atoms. The van der Waals surface area contributed by atoms with Gasteiger partial charge in [-0.2, -0.15) is 0 Å². The molecule has 0 N–H and O–H groups in total. The zero-order chi connectivity index (χ0) is 14.1. The summed E-state index contributed by atoms with van der Waals surface area (Å²) in [6, 6.07) is 6.02. The number of rotatable bonds is 9. The lowest BCUT2D eigenvalue weighted by atomic mass is 10.2. The molecule has 0 aliphatic rings. The first-order chi connectivity index (χ1) is 9.20. The van der Waals surface area contributed by atoms with Crippen LogP contribution in [0.25, 0.3) is 0 Å². The van der Waals surface area contributed by atoms with E-state index in [2.05, 4.69) is 45.7 Å². The third kappa shape index (κ3) is 5.74. The Hall–Kier alpha value is -0.220. The van der Waals surface area contributed by atoms with Gasteiger partial charge in [-0.3, -0.25) is 0 Å². The van der Waals surface area contributed by atoms with E-state index in [4.69, 9.17) is 9.47 Å². The molecule has 0 radical (unpaired) electrons. The van der Waals surface area contributed by atoms with Crippen LogP contribution in [0.1, 0.15) is 48.8 Å². The molecule has 0 atom stereocenters. The summed E-state index contributed by atoms with van der Waals surface area (Å²) in [5.74, 6) is 1.69. The average Bonchev–Trinajstić information content (AvgIpc) is 2.40. The van der Waals surface area contributed by atoms with Crippen molar-refractivity contribution in [2.75, 3.05) is 13.2 Å². The van der Waals surface area contributed by atoms with Crippen molar-refractivity contribution in [3.8, 4) is 11.5 Å². The molecule has 2 nitrogen and oxygen atoms in total. The summed E-state index contributed by atoms with van der Waals surface area (Å²) in [7, 11) is 0.